The highest BCUT2D eigenvalue weighted by Crippen LogP contribution is 2.13. The molecule has 1 heterocycles. The summed E-state index contributed by atoms with van der Waals surface area (Å²) in [5, 5.41) is 0. The topological polar surface area (TPSA) is 58.6 Å². The Morgan fingerprint density at radius 1 is 1.31 bits per heavy atom. The molecule has 0 aromatic carbocycles. The first-order valence-corrected chi connectivity index (χ1v) is 7.15. The fourth-order valence-electron chi connectivity index (χ4n) is 1.69. The minimum absolute atomic E-state index is 0.0422. The average Bonchev–Trinajstić information content (AvgIpc) is 2.13. The third kappa shape index (κ3) is 4.01. The molecule has 0 aromatic heterocycles. The van der Waals surface area contributed by atoms with Gasteiger partial charge in [-0.05, 0) is 19.8 Å². The number of hydrogen-bond donors (Lipinski definition) is 1. The Hall–Kier alpha value is -0.170. The molecule has 0 amide bonds. The molecule has 0 aromatic rings. The van der Waals surface area contributed by atoms with E-state index in [1.54, 1.807) is 0 Å². The fraction of sp³-hybridized carbons (Fsp3) is 1.00. The standard InChI is InChI=1S/C10H22N2O3S/c1-8(2)5-11-16(13,14)12-6-9(3)15-10(4)7-12/h8-11H,5-7H2,1-4H3. The van der Waals surface area contributed by atoms with Crippen molar-refractivity contribution in [3.05, 3.63) is 0 Å². The van der Waals surface area contributed by atoms with E-state index in [4.69, 9.17) is 4.74 Å². The van der Waals surface area contributed by atoms with Crippen molar-refractivity contribution in [2.75, 3.05) is 19.6 Å². The zero-order chi connectivity index (χ0) is 12.3. The lowest BCUT2D eigenvalue weighted by Gasteiger charge is -2.34. The number of ether oxygens (including phenoxy) is 1. The lowest BCUT2D eigenvalue weighted by molar-refractivity contribution is -0.0444. The lowest BCUT2D eigenvalue weighted by atomic mass is 10.2. The molecule has 0 aliphatic carbocycles. The van der Waals surface area contributed by atoms with Crippen molar-refractivity contribution < 1.29 is 13.2 Å². The molecule has 1 saturated heterocycles. The molecular formula is C10H22N2O3S. The van der Waals surface area contributed by atoms with Crippen molar-refractivity contribution in [1.29, 1.82) is 0 Å². The summed E-state index contributed by atoms with van der Waals surface area (Å²) in [5.41, 5.74) is 0. The van der Waals surface area contributed by atoms with Crippen molar-refractivity contribution in [3.63, 3.8) is 0 Å². The maximum absolute atomic E-state index is 11.9. The molecule has 16 heavy (non-hydrogen) atoms. The van der Waals surface area contributed by atoms with Crippen LogP contribution in [0.4, 0.5) is 0 Å². The smallest absolute Gasteiger partial charge is 0.279 e. The van der Waals surface area contributed by atoms with E-state index in [2.05, 4.69) is 4.72 Å². The van der Waals surface area contributed by atoms with Gasteiger partial charge in [0.2, 0.25) is 0 Å². The molecule has 2 atom stereocenters. The van der Waals surface area contributed by atoms with Crippen molar-refractivity contribution in [3.8, 4) is 0 Å². The molecule has 1 N–H and O–H groups in total. The van der Waals surface area contributed by atoms with Gasteiger partial charge in [0, 0.05) is 19.6 Å². The van der Waals surface area contributed by atoms with E-state index in [1.165, 1.54) is 4.31 Å². The Morgan fingerprint density at radius 2 is 1.81 bits per heavy atom. The Bertz CT molecular complexity index is 306. The molecule has 1 rings (SSSR count). The van der Waals surface area contributed by atoms with Gasteiger partial charge in [0.15, 0.2) is 0 Å². The van der Waals surface area contributed by atoms with Crippen LogP contribution in [-0.4, -0.2) is 44.6 Å². The van der Waals surface area contributed by atoms with Crippen LogP contribution in [-0.2, 0) is 14.9 Å². The minimum Gasteiger partial charge on any atom is -0.373 e. The zero-order valence-corrected chi connectivity index (χ0v) is 11.3. The van der Waals surface area contributed by atoms with Gasteiger partial charge in [0.05, 0.1) is 12.2 Å². The van der Waals surface area contributed by atoms with Crippen LogP contribution >= 0.6 is 0 Å². The summed E-state index contributed by atoms with van der Waals surface area (Å²) in [4.78, 5) is 0. The monoisotopic (exact) mass is 250 g/mol. The second-order valence-electron chi connectivity index (χ2n) is 4.82. The van der Waals surface area contributed by atoms with Gasteiger partial charge in [-0.2, -0.15) is 12.7 Å². The Kier molecular flexibility index (Phi) is 4.73. The fourth-order valence-corrected chi connectivity index (χ4v) is 3.23. The molecule has 0 saturated carbocycles. The predicted octanol–water partition coefficient (Wildman–Crippen LogP) is 0.586. The van der Waals surface area contributed by atoms with Gasteiger partial charge in [-0.3, -0.25) is 0 Å². The predicted molar refractivity (Wildman–Crippen MR) is 63.3 cm³/mol. The molecule has 1 aliphatic rings. The first-order valence-electron chi connectivity index (χ1n) is 5.71. The van der Waals surface area contributed by atoms with Crippen LogP contribution in [0.15, 0.2) is 0 Å². The van der Waals surface area contributed by atoms with Crippen molar-refractivity contribution in [2.24, 2.45) is 5.92 Å². The molecule has 6 heteroatoms. The third-order valence-corrected chi connectivity index (χ3v) is 3.91. The summed E-state index contributed by atoms with van der Waals surface area (Å²) < 4.78 is 33.5. The largest absolute Gasteiger partial charge is 0.373 e. The summed E-state index contributed by atoms with van der Waals surface area (Å²) in [7, 11) is -3.34. The molecule has 0 spiro atoms. The summed E-state index contributed by atoms with van der Waals surface area (Å²) >= 11 is 0. The second-order valence-corrected chi connectivity index (χ2v) is 6.58. The van der Waals surface area contributed by atoms with Gasteiger partial charge in [-0.25, -0.2) is 4.72 Å². The van der Waals surface area contributed by atoms with Gasteiger partial charge in [0.1, 0.15) is 0 Å². The summed E-state index contributed by atoms with van der Waals surface area (Å²) in [6.07, 6.45) is -0.0845. The highest BCUT2D eigenvalue weighted by Gasteiger charge is 2.30. The average molecular weight is 250 g/mol. The molecule has 1 fully saturated rings. The molecule has 0 bridgehead atoms. The summed E-state index contributed by atoms with van der Waals surface area (Å²) in [5.74, 6) is 0.311. The normalized spacial score (nSPS) is 28.6. The maximum Gasteiger partial charge on any atom is 0.279 e. The summed E-state index contributed by atoms with van der Waals surface area (Å²) in [6, 6.07) is 0. The van der Waals surface area contributed by atoms with Crippen LogP contribution in [0.2, 0.25) is 0 Å². The molecule has 96 valence electrons. The van der Waals surface area contributed by atoms with E-state index in [0.29, 0.717) is 25.6 Å². The Balaban J connectivity index is 2.60. The van der Waals surface area contributed by atoms with Crippen LogP contribution in [0, 0.1) is 5.92 Å². The van der Waals surface area contributed by atoms with Crippen LogP contribution < -0.4 is 4.72 Å². The van der Waals surface area contributed by atoms with Gasteiger partial charge >= 0.3 is 0 Å². The molecule has 0 radical (unpaired) electrons. The second kappa shape index (κ2) is 5.44. The number of nitrogens with one attached hydrogen (secondary N) is 1. The van der Waals surface area contributed by atoms with Crippen LogP contribution in [0.1, 0.15) is 27.7 Å². The van der Waals surface area contributed by atoms with E-state index < -0.39 is 10.2 Å². The molecule has 1 aliphatic heterocycles. The van der Waals surface area contributed by atoms with E-state index in [0.717, 1.165) is 0 Å². The van der Waals surface area contributed by atoms with E-state index in [9.17, 15) is 8.42 Å². The van der Waals surface area contributed by atoms with Crippen LogP contribution in [0.25, 0.3) is 0 Å². The van der Waals surface area contributed by atoms with E-state index in [1.807, 2.05) is 27.7 Å². The zero-order valence-electron chi connectivity index (χ0n) is 10.4. The highest BCUT2D eigenvalue weighted by atomic mass is 32.2. The highest BCUT2D eigenvalue weighted by molar-refractivity contribution is 7.87. The molecular weight excluding hydrogens is 228 g/mol. The molecule has 2 unspecified atom stereocenters. The number of hydrogen-bond acceptors (Lipinski definition) is 3. The Labute approximate surface area is 98.3 Å². The maximum atomic E-state index is 11.9. The van der Waals surface area contributed by atoms with E-state index in [-0.39, 0.29) is 12.2 Å². The van der Waals surface area contributed by atoms with Crippen LogP contribution in [0.5, 0.6) is 0 Å². The van der Waals surface area contributed by atoms with Gasteiger partial charge in [-0.1, -0.05) is 13.8 Å². The van der Waals surface area contributed by atoms with Crippen LogP contribution in [0.3, 0.4) is 0 Å². The first-order chi connectivity index (χ1) is 7.31. The third-order valence-electron chi connectivity index (χ3n) is 2.40. The van der Waals surface area contributed by atoms with Crippen molar-refractivity contribution in [1.82, 2.24) is 9.03 Å². The first kappa shape index (κ1) is 13.9. The SMILES string of the molecule is CC(C)CNS(=O)(=O)N1CC(C)OC(C)C1. The summed E-state index contributed by atoms with van der Waals surface area (Å²) in [6.45, 7) is 9.07. The van der Waals surface area contributed by atoms with Crippen molar-refractivity contribution in [2.45, 2.75) is 39.9 Å². The van der Waals surface area contributed by atoms with Gasteiger partial charge in [-0.15, -0.1) is 0 Å². The quantitative estimate of drug-likeness (QED) is 0.794. The molecule has 5 nitrogen and oxygen atoms in total. The lowest BCUT2D eigenvalue weighted by Crippen LogP contribution is -2.52. The Morgan fingerprint density at radius 3 is 2.25 bits per heavy atom. The number of morpholine rings is 1. The van der Waals surface area contributed by atoms with E-state index >= 15 is 0 Å². The minimum atomic E-state index is -3.34. The van der Waals surface area contributed by atoms with Gasteiger partial charge in [0.25, 0.3) is 10.2 Å². The van der Waals surface area contributed by atoms with Gasteiger partial charge < -0.3 is 4.74 Å². The number of nitrogens with zero attached hydrogens (tertiary/aromatic N) is 1. The number of rotatable bonds is 4. The van der Waals surface area contributed by atoms with Crippen molar-refractivity contribution >= 4 is 10.2 Å².